The molecule has 1 amide bonds. The Labute approximate surface area is 202 Å². The zero-order chi connectivity index (χ0) is 24.9. The summed E-state index contributed by atoms with van der Waals surface area (Å²) >= 11 is 0. The van der Waals surface area contributed by atoms with E-state index in [1.165, 1.54) is 0 Å². The number of aliphatic hydroxyl groups is 1. The number of aliphatic hydroxyl groups excluding tert-OH is 1. The van der Waals surface area contributed by atoms with Gasteiger partial charge >= 0.3 is 0 Å². The summed E-state index contributed by atoms with van der Waals surface area (Å²) in [5.41, 5.74) is 4.11. The third-order valence-electron chi connectivity index (χ3n) is 5.68. The maximum absolute atomic E-state index is 13.5. The Balaban J connectivity index is 1.95. The number of benzene rings is 2. The van der Waals surface area contributed by atoms with Crippen LogP contribution in [-0.2, 0) is 13.0 Å². The van der Waals surface area contributed by atoms with E-state index in [9.17, 15) is 9.90 Å². The van der Waals surface area contributed by atoms with Crippen molar-refractivity contribution < 1.29 is 23.8 Å². The van der Waals surface area contributed by atoms with E-state index in [0.717, 1.165) is 12.0 Å². The lowest BCUT2D eigenvalue weighted by atomic mass is 10.1. The van der Waals surface area contributed by atoms with Gasteiger partial charge in [0.2, 0.25) is 5.55 Å². The summed E-state index contributed by atoms with van der Waals surface area (Å²) in [5.74, 6) is 0.711. The number of pyridine rings is 1. The SMILES string of the molecule is CCc1ccccc1NC(=O)c1cc2c(CO)cnc(C)c2oc1=Nc1cc(OC)cc(OC)c1. The molecular weight excluding hydrogens is 446 g/mol. The highest BCUT2D eigenvalue weighted by atomic mass is 16.5. The topological polar surface area (TPSA) is 106 Å². The maximum atomic E-state index is 13.5. The van der Waals surface area contributed by atoms with Gasteiger partial charge in [-0.1, -0.05) is 25.1 Å². The van der Waals surface area contributed by atoms with Crippen molar-refractivity contribution in [3.63, 3.8) is 0 Å². The van der Waals surface area contributed by atoms with Crippen molar-refractivity contribution in [2.75, 3.05) is 19.5 Å². The van der Waals surface area contributed by atoms with Crippen molar-refractivity contribution in [3.8, 4) is 11.5 Å². The Bertz CT molecular complexity index is 1440. The molecule has 2 aromatic carbocycles. The minimum atomic E-state index is -0.386. The van der Waals surface area contributed by atoms with Gasteiger partial charge in [-0.05, 0) is 31.0 Å². The summed E-state index contributed by atoms with van der Waals surface area (Å²) in [6, 6.07) is 14.5. The molecule has 0 spiro atoms. The van der Waals surface area contributed by atoms with Crippen LogP contribution in [0.1, 0.15) is 34.1 Å². The second-order valence-electron chi connectivity index (χ2n) is 7.88. The van der Waals surface area contributed by atoms with Gasteiger partial charge in [-0.25, -0.2) is 4.99 Å². The Kier molecular flexibility index (Phi) is 7.12. The normalized spacial score (nSPS) is 11.5. The first kappa shape index (κ1) is 24.0. The largest absolute Gasteiger partial charge is 0.497 e. The van der Waals surface area contributed by atoms with Gasteiger partial charge in [0.25, 0.3) is 5.91 Å². The predicted molar refractivity (Wildman–Crippen MR) is 133 cm³/mol. The van der Waals surface area contributed by atoms with Crippen LogP contribution in [0, 0.1) is 6.92 Å². The lowest BCUT2D eigenvalue weighted by Crippen LogP contribution is -2.22. The standard InChI is InChI=1S/C27H27N3O5/c1-5-17-8-6-7-9-24(17)30-26(32)23-13-22-18(15-31)14-28-16(2)25(22)35-27(23)29-19-10-20(33-3)12-21(11-19)34-4/h6-14,31H,5,15H2,1-4H3,(H,30,32). The van der Waals surface area contributed by atoms with Crippen molar-refractivity contribution in [2.24, 2.45) is 4.99 Å². The number of hydrogen-bond acceptors (Lipinski definition) is 7. The van der Waals surface area contributed by atoms with Crippen molar-refractivity contribution in [2.45, 2.75) is 26.9 Å². The van der Waals surface area contributed by atoms with E-state index in [0.29, 0.717) is 45.1 Å². The number of nitrogens with zero attached hydrogens (tertiary/aromatic N) is 2. The van der Waals surface area contributed by atoms with E-state index in [1.54, 1.807) is 51.6 Å². The predicted octanol–water partition coefficient (Wildman–Crippen LogP) is 4.69. The molecule has 4 rings (SSSR count). The Morgan fingerprint density at radius 1 is 1.09 bits per heavy atom. The number of methoxy groups -OCH3 is 2. The number of anilines is 1. The fraction of sp³-hybridized carbons (Fsp3) is 0.222. The van der Waals surface area contributed by atoms with Crippen LogP contribution in [0.5, 0.6) is 11.5 Å². The molecule has 2 N–H and O–H groups in total. The summed E-state index contributed by atoms with van der Waals surface area (Å²) in [5, 5.41) is 13.4. The van der Waals surface area contributed by atoms with E-state index in [-0.39, 0.29) is 23.6 Å². The van der Waals surface area contributed by atoms with Crippen molar-refractivity contribution in [3.05, 3.63) is 82.7 Å². The third kappa shape index (κ3) is 5.02. The minimum absolute atomic E-state index is 0.0966. The number of ether oxygens (including phenoxy) is 2. The van der Waals surface area contributed by atoms with Crippen LogP contribution in [0.3, 0.4) is 0 Å². The number of fused-ring (bicyclic) bond motifs is 1. The van der Waals surface area contributed by atoms with Crippen LogP contribution >= 0.6 is 0 Å². The van der Waals surface area contributed by atoms with Gasteiger partial charge in [0.1, 0.15) is 17.1 Å². The number of hydrogen-bond donors (Lipinski definition) is 2. The molecule has 4 aromatic rings. The third-order valence-corrected chi connectivity index (χ3v) is 5.68. The maximum Gasteiger partial charge on any atom is 0.261 e. The van der Waals surface area contributed by atoms with E-state index in [1.807, 2.05) is 31.2 Å². The molecule has 0 atom stereocenters. The fourth-order valence-electron chi connectivity index (χ4n) is 3.77. The molecule has 35 heavy (non-hydrogen) atoms. The molecule has 180 valence electrons. The summed E-state index contributed by atoms with van der Waals surface area (Å²) in [6.45, 7) is 3.57. The molecule has 0 saturated heterocycles. The lowest BCUT2D eigenvalue weighted by Gasteiger charge is -2.12. The zero-order valence-electron chi connectivity index (χ0n) is 20.1. The molecule has 8 nitrogen and oxygen atoms in total. The highest BCUT2D eigenvalue weighted by molar-refractivity contribution is 6.06. The number of amides is 1. The average molecular weight is 474 g/mol. The molecule has 0 aliphatic carbocycles. The lowest BCUT2D eigenvalue weighted by molar-refractivity contribution is 0.102. The monoisotopic (exact) mass is 473 g/mol. The van der Waals surface area contributed by atoms with Gasteiger partial charge < -0.3 is 24.3 Å². The molecule has 0 radical (unpaired) electrons. The Morgan fingerprint density at radius 3 is 2.46 bits per heavy atom. The number of aryl methyl sites for hydroxylation is 2. The van der Waals surface area contributed by atoms with Crippen LogP contribution in [0.25, 0.3) is 11.0 Å². The Hall–Kier alpha value is -4.17. The fourth-order valence-corrected chi connectivity index (χ4v) is 3.77. The first-order valence-corrected chi connectivity index (χ1v) is 11.2. The molecule has 2 aromatic heterocycles. The summed E-state index contributed by atoms with van der Waals surface area (Å²) in [6.07, 6.45) is 2.34. The summed E-state index contributed by atoms with van der Waals surface area (Å²) < 4.78 is 16.8. The van der Waals surface area contributed by atoms with Crippen LogP contribution in [0.4, 0.5) is 11.4 Å². The van der Waals surface area contributed by atoms with E-state index in [4.69, 9.17) is 13.9 Å². The quantitative estimate of drug-likeness (QED) is 0.403. The molecule has 0 aliphatic heterocycles. The second-order valence-corrected chi connectivity index (χ2v) is 7.88. The van der Waals surface area contributed by atoms with Gasteiger partial charge in [-0.15, -0.1) is 0 Å². The van der Waals surface area contributed by atoms with Crippen LogP contribution in [0.2, 0.25) is 0 Å². The van der Waals surface area contributed by atoms with Crippen LogP contribution in [0.15, 0.2) is 64.1 Å². The molecule has 0 bridgehead atoms. The van der Waals surface area contributed by atoms with Gasteiger partial charge in [0, 0.05) is 41.0 Å². The second kappa shape index (κ2) is 10.4. The van der Waals surface area contributed by atoms with E-state index < -0.39 is 0 Å². The molecule has 0 aliphatic rings. The van der Waals surface area contributed by atoms with Crippen molar-refractivity contribution >= 4 is 28.3 Å². The first-order valence-electron chi connectivity index (χ1n) is 11.2. The number of para-hydroxylation sites is 1. The molecule has 8 heteroatoms. The van der Waals surface area contributed by atoms with Gasteiger partial charge in [-0.3, -0.25) is 9.78 Å². The minimum Gasteiger partial charge on any atom is -0.497 e. The van der Waals surface area contributed by atoms with Gasteiger partial charge in [0.15, 0.2) is 5.58 Å². The van der Waals surface area contributed by atoms with Crippen LogP contribution < -0.4 is 20.3 Å². The van der Waals surface area contributed by atoms with Crippen LogP contribution in [-0.4, -0.2) is 30.2 Å². The van der Waals surface area contributed by atoms with Gasteiger partial charge in [0.05, 0.1) is 32.2 Å². The summed E-state index contributed by atoms with van der Waals surface area (Å²) in [4.78, 5) is 22.5. The Morgan fingerprint density at radius 2 is 1.80 bits per heavy atom. The highest BCUT2D eigenvalue weighted by Gasteiger charge is 2.17. The number of carbonyl (C=O) groups is 1. The van der Waals surface area contributed by atoms with E-state index >= 15 is 0 Å². The number of carbonyl (C=O) groups excluding carboxylic acids is 1. The van der Waals surface area contributed by atoms with Gasteiger partial charge in [-0.2, -0.15) is 0 Å². The molecule has 0 fully saturated rings. The molecule has 0 saturated carbocycles. The molecule has 2 heterocycles. The van der Waals surface area contributed by atoms with E-state index in [2.05, 4.69) is 15.3 Å². The highest BCUT2D eigenvalue weighted by Crippen LogP contribution is 2.28. The molecular formula is C27H27N3O5. The zero-order valence-corrected chi connectivity index (χ0v) is 20.1. The average Bonchev–Trinajstić information content (AvgIpc) is 2.88. The first-order chi connectivity index (χ1) is 17.0. The van der Waals surface area contributed by atoms with Crippen molar-refractivity contribution in [1.29, 1.82) is 0 Å². The number of aromatic nitrogens is 1. The van der Waals surface area contributed by atoms with Crippen molar-refractivity contribution in [1.82, 2.24) is 4.98 Å². The smallest absolute Gasteiger partial charge is 0.261 e. The number of rotatable bonds is 7. The summed E-state index contributed by atoms with van der Waals surface area (Å²) in [7, 11) is 3.10. The molecule has 0 unspecified atom stereocenters. The number of nitrogens with one attached hydrogen (secondary N) is 1.